The van der Waals surface area contributed by atoms with Crippen LogP contribution in [-0.2, 0) is 4.79 Å². The highest BCUT2D eigenvalue weighted by molar-refractivity contribution is 6.00. The van der Waals surface area contributed by atoms with E-state index in [2.05, 4.69) is 4.90 Å². The molecule has 0 aromatic heterocycles. The number of nitrogens with zero attached hydrogens (tertiary/aromatic N) is 2. The van der Waals surface area contributed by atoms with Gasteiger partial charge in [0.25, 0.3) is 0 Å². The van der Waals surface area contributed by atoms with Crippen LogP contribution >= 0.6 is 0 Å². The molecule has 1 amide bonds. The summed E-state index contributed by atoms with van der Waals surface area (Å²) in [5.74, 6) is 1.12. The fraction of sp³-hybridized carbons (Fsp3) is 0.500. The number of benzene rings is 1. The molecule has 1 aromatic carbocycles. The van der Waals surface area contributed by atoms with E-state index in [0.29, 0.717) is 0 Å². The molecule has 0 N–H and O–H groups in total. The number of carbonyl (C=O) groups excluding carboxylic acids is 1. The van der Waals surface area contributed by atoms with Crippen LogP contribution in [0, 0.1) is 5.92 Å². The largest absolute Gasteiger partial charge is 0.489 e. The molecule has 4 heteroatoms. The molecule has 0 aliphatic carbocycles. The van der Waals surface area contributed by atoms with Crippen molar-refractivity contribution in [2.75, 3.05) is 36.0 Å². The maximum atomic E-state index is 12.3. The zero-order valence-corrected chi connectivity index (χ0v) is 10.8. The van der Waals surface area contributed by atoms with E-state index in [0.717, 1.165) is 43.4 Å². The normalized spacial score (nSPS) is 17.5. The molecule has 2 aliphatic heterocycles. The first kappa shape index (κ1) is 11.4. The summed E-state index contributed by atoms with van der Waals surface area (Å²) < 4.78 is 5.68. The van der Waals surface area contributed by atoms with Gasteiger partial charge in [0.2, 0.25) is 5.91 Å². The van der Waals surface area contributed by atoms with Crippen LogP contribution in [0.1, 0.15) is 13.8 Å². The Morgan fingerprint density at radius 1 is 1.28 bits per heavy atom. The van der Waals surface area contributed by atoms with Crippen LogP contribution in [0.25, 0.3) is 0 Å². The Balaban J connectivity index is 2.06. The van der Waals surface area contributed by atoms with Crippen molar-refractivity contribution in [2.24, 2.45) is 5.92 Å². The molecule has 96 valence electrons. The monoisotopic (exact) mass is 246 g/mol. The van der Waals surface area contributed by atoms with Crippen molar-refractivity contribution in [3.8, 4) is 5.75 Å². The molecule has 0 unspecified atom stereocenters. The number of amides is 1. The molecule has 4 nitrogen and oxygen atoms in total. The van der Waals surface area contributed by atoms with E-state index in [1.54, 1.807) is 0 Å². The second-order valence-corrected chi connectivity index (χ2v) is 5.10. The minimum Gasteiger partial charge on any atom is -0.489 e. The second-order valence-electron chi connectivity index (χ2n) is 5.10. The van der Waals surface area contributed by atoms with Gasteiger partial charge in [0, 0.05) is 19.0 Å². The topological polar surface area (TPSA) is 32.8 Å². The first-order chi connectivity index (χ1) is 8.68. The number of para-hydroxylation sites is 1. The molecule has 2 aliphatic rings. The molecule has 3 rings (SSSR count). The first-order valence-corrected chi connectivity index (χ1v) is 6.50. The standard InChI is InChI=1S/C14H18N2O2/c1-10(2)14(17)16-7-6-15-8-9-18-12-5-3-4-11(16)13(12)15/h3-5,10H,6-9H2,1-2H3. The summed E-state index contributed by atoms with van der Waals surface area (Å²) in [4.78, 5) is 16.5. The third-order valence-electron chi connectivity index (χ3n) is 3.56. The van der Waals surface area contributed by atoms with E-state index in [9.17, 15) is 4.79 Å². The number of rotatable bonds is 1. The number of ether oxygens (including phenoxy) is 1. The van der Waals surface area contributed by atoms with Crippen molar-refractivity contribution in [1.82, 2.24) is 0 Å². The summed E-state index contributed by atoms with van der Waals surface area (Å²) in [5.41, 5.74) is 2.08. The van der Waals surface area contributed by atoms with Crippen molar-refractivity contribution < 1.29 is 9.53 Å². The number of carbonyl (C=O) groups is 1. The molecular weight excluding hydrogens is 228 g/mol. The van der Waals surface area contributed by atoms with Gasteiger partial charge in [0.05, 0.1) is 12.2 Å². The highest BCUT2D eigenvalue weighted by atomic mass is 16.5. The quantitative estimate of drug-likeness (QED) is 0.758. The molecule has 1 aromatic rings. The van der Waals surface area contributed by atoms with Gasteiger partial charge in [-0.05, 0) is 12.1 Å². The van der Waals surface area contributed by atoms with Crippen molar-refractivity contribution >= 4 is 17.3 Å². The molecule has 0 atom stereocenters. The Hall–Kier alpha value is -1.71. The average molecular weight is 246 g/mol. The van der Waals surface area contributed by atoms with Crippen LogP contribution in [0.2, 0.25) is 0 Å². The van der Waals surface area contributed by atoms with Crippen LogP contribution in [-0.4, -0.2) is 32.1 Å². The van der Waals surface area contributed by atoms with Gasteiger partial charge in [-0.1, -0.05) is 19.9 Å². The van der Waals surface area contributed by atoms with Crippen molar-refractivity contribution in [1.29, 1.82) is 0 Å². The lowest BCUT2D eigenvalue weighted by atomic mass is 10.1. The smallest absolute Gasteiger partial charge is 0.229 e. The molecule has 0 saturated carbocycles. The van der Waals surface area contributed by atoms with E-state index < -0.39 is 0 Å². The Bertz CT molecular complexity index is 485. The lowest BCUT2D eigenvalue weighted by Gasteiger charge is -2.41. The van der Waals surface area contributed by atoms with Gasteiger partial charge in [0.15, 0.2) is 0 Å². The van der Waals surface area contributed by atoms with E-state index in [-0.39, 0.29) is 11.8 Å². The van der Waals surface area contributed by atoms with Gasteiger partial charge in [-0.3, -0.25) is 4.79 Å². The highest BCUT2D eigenvalue weighted by Crippen LogP contribution is 2.42. The van der Waals surface area contributed by atoms with E-state index in [1.165, 1.54) is 0 Å². The SMILES string of the molecule is CC(C)C(=O)N1CCN2CCOc3cccc1c32. The van der Waals surface area contributed by atoms with Gasteiger partial charge in [-0.2, -0.15) is 0 Å². The average Bonchev–Trinajstić information content (AvgIpc) is 2.39. The fourth-order valence-electron chi connectivity index (χ4n) is 2.65. The van der Waals surface area contributed by atoms with Gasteiger partial charge in [0.1, 0.15) is 18.0 Å². The second kappa shape index (κ2) is 4.19. The maximum Gasteiger partial charge on any atom is 0.229 e. The first-order valence-electron chi connectivity index (χ1n) is 6.50. The summed E-state index contributed by atoms with van der Waals surface area (Å²) in [6.07, 6.45) is 0. The van der Waals surface area contributed by atoms with Crippen LogP contribution in [0.4, 0.5) is 11.4 Å². The summed E-state index contributed by atoms with van der Waals surface area (Å²) >= 11 is 0. The predicted molar refractivity (Wildman–Crippen MR) is 71.3 cm³/mol. The molecular formula is C14H18N2O2. The third-order valence-corrected chi connectivity index (χ3v) is 3.56. The van der Waals surface area contributed by atoms with Crippen LogP contribution < -0.4 is 14.5 Å². The van der Waals surface area contributed by atoms with Crippen molar-refractivity contribution in [3.63, 3.8) is 0 Å². The Kier molecular flexibility index (Phi) is 2.65. The molecule has 18 heavy (non-hydrogen) atoms. The fourth-order valence-corrected chi connectivity index (χ4v) is 2.65. The molecule has 2 heterocycles. The van der Waals surface area contributed by atoms with Crippen LogP contribution in [0.5, 0.6) is 5.75 Å². The molecule has 0 fully saturated rings. The van der Waals surface area contributed by atoms with E-state index >= 15 is 0 Å². The molecule has 0 spiro atoms. The third kappa shape index (κ3) is 1.64. The molecule has 0 saturated heterocycles. The Morgan fingerprint density at radius 3 is 2.89 bits per heavy atom. The van der Waals surface area contributed by atoms with Crippen molar-refractivity contribution in [3.05, 3.63) is 18.2 Å². The Morgan fingerprint density at radius 2 is 2.11 bits per heavy atom. The Labute approximate surface area is 107 Å². The predicted octanol–water partition coefficient (Wildman–Crippen LogP) is 1.89. The molecule has 0 radical (unpaired) electrons. The lowest BCUT2D eigenvalue weighted by Crippen LogP contribution is -2.48. The van der Waals surface area contributed by atoms with Gasteiger partial charge < -0.3 is 14.5 Å². The van der Waals surface area contributed by atoms with Gasteiger partial charge in [-0.25, -0.2) is 0 Å². The number of hydrogen-bond acceptors (Lipinski definition) is 3. The number of anilines is 2. The minimum absolute atomic E-state index is 0.0249. The zero-order chi connectivity index (χ0) is 12.7. The van der Waals surface area contributed by atoms with Gasteiger partial charge >= 0.3 is 0 Å². The minimum atomic E-state index is 0.0249. The van der Waals surface area contributed by atoms with Crippen molar-refractivity contribution in [2.45, 2.75) is 13.8 Å². The summed E-state index contributed by atoms with van der Waals surface area (Å²) in [5, 5.41) is 0. The maximum absolute atomic E-state index is 12.3. The summed E-state index contributed by atoms with van der Waals surface area (Å²) in [7, 11) is 0. The van der Waals surface area contributed by atoms with Crippen LogP contribution in [0.15, 0.2) is 18.2 Å². The summed E-state index contributed by atoms with van der Waals surface area (Å²) in [6, 6.07) is 5.96. The zero-order valence-electron chi connectivity index (χ0n) is 10.8. The van der Waals surface area contributed by atoms with E-state index in [4.69, 9.17) is 4.74 Å². The number of hydrogen-bond donors (Lipinski definition) is 0. The molecule has 0 bridgehead atoms. The lowest BCUT2D eigenvalue weighted by molar-refractivity contribution is -0.121. The van der Waals surface area contributed by atoms with E-state index in [1.807, 2.05) is 36.9 Å². The summed E-state index contributed by atoms with van der Waals surface area (Å²) in [6.45, 7) is 7.20. The van der Waals surface area contributed by atoms with Gasteiger partial charge in [-0.15, -0.1) is 0 Å². The van der Waals surface area contributed by atoms with Crippen LogP contribution in [0.3, 0.4) is 0 Å². The highest BCUT2D eigenvalue weighted by Gasteiger charge is 2.31.